The van der Waals surface area contributed by atoms with Crippen molar-refractivity contribution < 1.29 is 9.84 Å². The van der Waals surface area contributed by atoms with Gasteiger partial charge in [0.15, 0.2) is 5.96 Å². The summed E-state index contributed by atoms with van der Waals surface area (Å²) >= 11 is 3.68. The number of nitrogens with zero attached hydrogens (tertiary/aromatic N) is 1. The second kappa shape index (κ2) is 9.71. The highest BCUT2D eigenvalue weighted by atomic mass is 127. The van der Waals surface area contributed by atoms with E-state index in [1.54, 1.807) is 7.05 Å². The smallest absolute Gasteiger partial charge is 0.191 e. The molecule has 1 saturated heterocycles. The Morgan fingerprint density at radius 2 is 1.96 bits per heavy atom. The van der Waals surface area contributed by atoms with Gasteiger partial charge in [-0.25, -0.2) is 0 Å². The Kier molecular flexibility index (Phi) is 8.18. The summed E-state index contributed by atoms with van der Waals surface area (Å²) in [7, 11) is 1.80. The molecule has 2 fully saturated rings. The lowest BCUT2D eigenvalue weighted by atomic mass is 9.84. The third kappa shape index (κ3) is 5.11. The Labute approximate surface area is 181 Å². The van der Waals surface area contributed by atoms with Crippen molar-refractivity contribution in [1.82, 2.24) is 10.6 Å². The van der Waals surface area contributed by atoms with Crippen molar-refractivity contribution in [2.45, 2.75) is 31.1 Å². The number of rotatable bonds is 7. The van der Waals surface area contributed by atoms with E-state index in [1.165, 1.54) is 22.9 Å². The molecule has 1 aromatic rings. The summed E-state index contributed by atoms with van der Waals surface area (Å²) in [5.74, 6) is 0.822. The van der Waals surface area contributed by atoms with Crippen molar-refractivity contribution >= 4 is 45.9 Å². The summed E-state index contributed by atoms with van der Waals surface area (Å²) in [6, 6.07) is 8.48. The molecule has 0 bridgehead atoms. The summed E-state index contributed by atoms with van der Waals surface area (Å²) < 4.78 is 6.74. The van der Waals surface area contributed by atoms with Crippen LogP contribution in [0, 0.1) is 5.41 Å². The largest absolute Gasteiger partial charge is 0.396 e. The number of halogens is 2. The molecular weight excluding hydrogens is 509 g/mol. The molecule has 1 aromatic carbocycles. The molecule has 26 heavy (non-hydrogen) atoms. The van der Waals surface area contributed by atoms with E-state index in [-0.39, 0.29) is 41.4 Å². The summed E-state index contributed by atoms with van der Waals surface area (Å²) in [6.45, 7) is 3.33. The molecule has 3 N–H and O–H groups in total. The lowest BCUT2D eigenvalue weighted by Crippen LogP contribution is -2.46. The van der Waals surface area contributed by atoms with Crippen molar-refractivity contribution in [3.05, 3.63) is 34.3 Å². The zero-order chi connectivity index (χ0) is 17.8. The minimum atomic E-state index is 0. The third-order valence-corrected chi connectivity index (χ3v) is 6.27. The quantitative estimate of drug-likeness (QED) is 0.284. The van der Waals surface area contributed by atoms with Crippen LogP contribution in [0.1, 0.15) is 31.2 Å². The molecular formula is C19H29BrIN3O2. The average molecular weight is 538 g/mol. The molecule has 2 aliphatic rings. The maximum atomic E-state index is 9.35. The number of aliphatic hydroxyl groups is 1. The van der Waals surface area contributed by atoms with Crippen molar-refractivity contribution in [3.63, 3.8) is 0 Å². The summed E-state index contributed by atoms with van der Waals surface area (Å²) in [6.07, 6.45) is 4.14. The summed E-state index contributed by atoms with van der Waals surface area (Å²) in [5, 5.41) is 16.3. The van der Waals surface area contributed by atoms with E-state index in [0.717, 1.165) is 38.5 Å². The Morgan fingerprint density at radius 1 is 1.23 bits per heavy atom. The van der Waals surface area contributed by atoms with Crippen LogP contribution in [0.4, 0.5) is 0 Å². The van der Waals surface area contributed by atoms with Crippen LogP contribution < -0.4 is 10.6 Å². The van der Waals surface area contributed by atoms with Gasteiger partial charge in [0.05, 0.1) is 6.61 Å². The van der Waals surface area contributed by atoms with Gasteiger partial charge in [0.25, 0.3) is 0 Å². The fourth-order valence-electron chi connectivity index (χ4n) is 3.64. The molecule has 0 radical (unpaired) electrons. The number of hydrogen-bond donors (Lipinski definition) is 3. The normalized spacial score (nSPS) is 24.0. The Bertz CT molecular complexity index is 617. The van der Waals surface area contributed by atoms with Crippen LogP contribution in [-0.4, -0.2) is 51.0 Å². The standard InChI is InChI=1S/C19H28BrN3O2.HI/c1-21-17(22-12-18(8-10-24)9-11-25-14-18)23-13-19(6-7-19)15-4-2-3-5-16(15)20;/h2-5,24H,6-14H2,1H3,(H2,21,22,23);1H. The SMILES string of the molecule is CN=C(NCC1(CCO)CCOC1)NCC1(c2ccccc2Br)CC1.I. The minimum absolute atomic E-state index is 0. The Morgan fingerprint density at radius 3 is 2.54 bits per heavy atom. The second-order valence-corrected chi connectivity index (χ2v) is 8.17. The van der Waals surface area contributed by atoms with Crippen molar-refractivity contribution in [2.75, 3.05) is 40.0 Å². The van der Waals surface area contributed by atoms with E-state index in [0.29, 0.717) is 6.61 Å². The molecule has 0 spiro atoms. The van der Waals surface area contributed by atoms with Crippen molar-refractivity contribution in [2.24, 2.45) is 10.4 Å². The molecule has 1 aliphatic carbocycles. The van der Waals surface area contributed by atoms with Crippen LogP contribution in [0.15, 0.2) is 33.7 Å². The number of nitrogens with one attached hydrogen (secondary N) is 2. The van der Waals surface area contributed by atoms with Crippen molar-refractivity contribution in [3.8, 4) is 0 Å². The topological polar surface area (TPSA) is 65.9 Å². The first-order valence-electron chi connectivity index (χ1n) is 9.01. The highest BCUT2D eigenvalue weighted by Crippen LogP contribution is 2.49. The average Bonchev–Trinajstić information content (AvgIpc) is 3.27. The van der Waals surface area contributed by atoms with Gasteiger partial charge in [0.2, 0.25) is 0 Å². The molecule has 0 amide bonds. The van der Waals surface area contributed by atoms with Gasteiger partial charge in [-0.15, -0.1) is 24.0 Å². The van der Waals surface area contributed by atoms with Gasteiger partial charge in [-0.3, -0.25) is 4.99 Å². The molecule has 5 nitrogen and oxygen atoms in total. The molecule has 1 atom stereocenters. The summed E-state index contributed by atoms with van der Waals surface area (Å²) in [5.41, 5.74) is 1.60. The fraction of sp³-hybridized carbons (Fsp3) is 0.632. The van der Waals surface area contributed by atoms with Gasteiger partial charge >= 0.3 is 0 Å². The number of hydrogen-bond acceptors (Lipinski definition) is 3. The van der Waals surface area contributed by atoms with E-state index in [2.05, 4.69) is 55.8 Å². The first kappa shape index (κ1) is 21.9. The van der Waals surface area contributed by atoms with Crippen LogP contribution in [0.5, 0.6) is 0 Å². The maximum absolute atomic E-state index is 9.35. The molecule has 0 aromatic heterocycles. The van der Waals surface area contributed by atoms with Crippen LogP contribution in [0.2, 0.25) is 0 Å². The van der Waals surface area contributed by atoms with Crippen LogP contribution >= 0.6 is 39.9 Å². The lowest BCUT2D eigenvalue weighted by molar-refractivity contribution is 0.127. The number of aliphatic hydroxyl groups excluding tert-OH is 1. The molecule has 1 unspecified atom stereocenters. The molecule has 1 aliphatic heterocycles. The molecule has 1 saturated carbocycles. The first-order valence-corrected chi connectivity index (χ1v) is 9.81. The lowest BCUT2D eigenvalue weighted by Gasteiger charge is -2.28. The number of guanidine groups is 1. The highest BCUT2D eigenvalue weighted by Gasteiger charge is 2.45. The molecule has 7 heteroatoms. The van der Waals surface area contributed by atoms with Gasteiger partial charge in [0.1, 0.15) is 0 Å². The van der Waals surface area contributed by atoms with Gasteiger partial charge in [-0.1, -0.05) is 34.1 Å². The molecule has 3 rings (SSSR count). The Hall–Kier alpha value is -0.380. The van der Waals surface area contributed by atoms with Crippen molar-refractivity contribution in [1.29, 1.82) is 0 Å². The van der Waals surface area contributed by atoms with Gasteiger partial charge in [-0.2, -0.15) is 0 Å². The van der Waals surface area contributed by atoms with E-state index < -0.39 is 0 Å². The van der Waals surface area contributed by atoms with Crippen LogP contribution in [0.3, 0.4) is 0 Å². The van der Waals surface area contributed by atoms with E-state index in [9.17, 15) is 5.11 Å². The fourth-order valence-corrected chi connectivity index (χ4v) is 4.35. The predicted octanol–water partition coefficient (Wildman–Crippen LogP) is 3.05. The number of aliphatic imine (C=N–C) groups is 1. The first-order chi connectivity index (χ1) is 12.1. The maximum Gasteiger partial charge on any atom is 0.191 e. The van der Waals surface area contributed by atoms with E-state index in [1.807, 2.05) is 0 Å². The Balaban J connectivity index is 0.00000243. The minimum Gasteiger partial charge on any atom is -0.396 e. The second-order valence-electron chi connectivity index (χ2n) is 7.32. The van der Waals surface area contributed by atoms with Gasteiger partial charge < -0.3 is 20.5 Å². The number of ether oxygens (including phenoxy) is 1. The summed E-state index contributed by atoms with van der Waals surface area (Å²) in [4.78, 5) is 4.37. The van der Waals surface area contributed by atoms with Crippen LogP contribution in [-0.2, 0) is 10.2 Å². The van der Waals surface area contributed by atoms with E-state index >= 15 is 0 Å². The zero-order valence-corrected chi connectivity index (χ0v) is 19.2. The molecule has 1 heterocycles. The predicted molar refractivity (Wildman–Crippen MR) is 119 cm³/mol. The highest BCUT2D eigenvalue weighted by molar-refractivity contribution is 14.0. The zero-order valence-electron chi connectivity index (χ0n) is 15.3. The third-order valence-electron chi connectivity index (χ3n) is 5.57. The molecule has 146 valence electrons. The van der Waals surface area contributed by atoms with Gasteiger partial charge in [-0.05, 0) is 37.3 Å². The number of benzene rings is 1. The monoisotopic (exact) mass is 537 g/mol. The van der Waals surface area contributed by atoms with E-state index in [4.69, 9.17) is 4.74 Å². The van der Waals surface area contributed by atoms with Gasteiger partial charge in [0, 0.05) is 48.7 Å². The van der Waals surface area contributed by atoms with Crippen LogP contribution in [0.25, 0.3) is 0 Å².